The van der Waals surface area contributed by atoms with Crippen LogP contribution in [0.1, 0.15) is 36.6 Å². The van der Waals surface area contributed by atoms with Gasteiger partial charge in [0.05, 0.1) is 0 Å². The third kappa shape index (κ3) is 4.23. The van der Waals surface area contributed by atoms with E-state index in [1.54, 1.807) is 18.0 Å². The van der Waals surface area contributed by atoms with Crippen LogP contribution in [0.15, 0.2) is 52.6 Å². The molecule has 0 atom stereocenters. The maximum Gasteiger partial charge on any atom is 0.188 e. The van der Waals surface area contributed by atoms with Crippen LogP contribution in [0.5, 0.6) is 0 Å². The van der Waals surface area contributed by atoms with Gasteiger partial charge in [-0.2, -0.15) is 0 Å². The van der Waals surface area contributed by atoms with Crippen molar-refractivity contribution in [3.63, 3.8) is 0 Å². The summed E-state index contributed by atoms with van der Waals surface area (Å²) in [7, 11) is 0. The second kappa shape index (κ2) is 7.13. The van der Waals surface area contributed by atoms with Crippen LogP contribution in [0.4, 0.5) is 0 Å². The zero-order valence-corrected chi connectivity index (χ0v) is 13.0. The monoisotopic (exact) mass is 301 g/mol. The molecule has 0 aliphatic heterocycles. The molecule has 5 heteroatoms. The Bertz CT molecular complexity index is 624. The molecule has 0 aliphatic carbocycles. The zero-order valence-electron chi connectivity index (χ0n) is 12.2. The fourth-order valence-corrected chi connectivity index (χ4v) is 2.71. The SMILES string of the molecule is CC(C)c1ccc(SCc2ccnc(C(N)=NO)c2)cc1. The number of hydrogen-bond donors (Lipinski definition) is 2. The Morgan fingerprint density at radius 2 is 2.00 bits per heavy atom. The zero-order chi connectivity index (χ0) is 15.2. The molecular formula is C16H19N3OS. The first-order valence-corrected chi connectivity index (χ1v) is 7.74. The van der Waals surface area contributed by atoms with Gasteiger partial charge in [0, 0.05) is 16.8 Å². The molecule has 0 amide bonds. The van der Waals surface area contributed by atoms with Crippen molar-refractivity contribution in [2.75, 3.05) is 0 Å². The minimum absolute atomic E-state index is 0.0307. The lowest BCUT2D eigenvalue weighted by molar-refractivity contribution is 0.318. The highest BCUT2D eigenvalue weighted by atomic mass is 32.2. The van der Waals surface area contributed by atoms with E-state index in [1.165, 1.54) is 10.5 Å². The van der Waals surface area contributed by atoms with Gasteiger partial charge < -0.3 is 10.9 Å². The van der Waals surface area contributed by atoms with Crippen LogP contribution in [0.2, 0.25) is 0 Å². The molecule has 2 rings (SSSR count). The predicted molar refractivity (Wildman–Crippen MR) is 86.8 cm³/mol. The molecule has 4 nitrogen and oxygen atoms in total. The number of rotatable bonds is 5. The van der Waals surface area contributed by atoms with E-state index < -0.39 is 0 Å². The first kappa shape index (κ1) is 15.4. The van der Waals surface area contributed by atoms with Gasteiger partial charge in [0.1, 0.15) is 5.69 Å². The summed E-state index contributed by atoms with van der Waals surface area (Å²) < 4.78 is 0. The van der Waals surface area contributed by atoms with Gasteiger partial charge in [-0.05, 0) is 41.3 Å². The molecule has 1 heterocycles. The summed E-state index contributed by atoms with van der Waals surface area (Å²) in [6, 6.07) is 12.4. The molecule has 0 aliphatic rings. The highest BCUT2D eigenvalue weighted by Gasteiger charge is 2.04. The smallest absolute Gasteiger partial charge is 0.188 e. The molecule has 21 heavy (non-hydrogen) atoms. The number of amidine groups is 1. The molecule has 0 bridgehead atoms. The van der Waals surface area contributed by atoms with Gasteiger partial charge >= 0.3 is 0 Å². The Labute approximate surface area is 129 Å². The molecular weight excluding hydrogens is 282 g/mol. The number of thioether (sulfide) groups is 1. The van der Waals surface area contributed by atoms with Crippen LogP contribution in [-0.4, -0.2) is 16.0 Å². The molecule has 1 aromatic carbocycles. The Morgan fingerprint density at radius 3 is 2.62 bits per heavy atom. The van der Waals surface area contributed by atoms with Gasteiger partial charge in [-0.1, -0.05) is 31.1 Å². The van der Waals surface area contributed by atoms with Crippen molar-refractivity contribution in [3.05, 3.63) is 59.4 Å². The maximum atomic E-state index is 8.68. The average molecular weight is 301 g/mol. The average Bonchev–Trinajstić information content (AvgIpc) is 2.52. The van der Waals surface area contributed by atoms with E-state index in [0.717, 1.165) is 11.3 Å². The van der Waals surface area contributed by atoms with Crippen molar-refractivity contribution < 1.29 is 5.21 Å². The molecule has 2 aromatic rings. The molecule has 0 saturated heterocycles. The third-order valence-corrected chi connectivity index (χ3v) is 4.23. The van der Waals surface area contributed by atoms with Crippen molar-refractivity contribution >= 4 is 17.6 Å². The third-order valence-electron chi connectivity index (χ3n) is 3.15. The minimum Gasteiger partial charge on any atom is -0.409 e. The van der Waals surface area contributed by atoms with E-state index in [4.69, 9.17) is 10.9 Å². The van der Waals surface area contributed by atoms with Crippen molar-refractivity contribution in [3.8, 4) is 0 Å². The molecule has 0 spiro atoms. The van der Waals surface area contributed by atoms with Crippen LogP contribution in [-0.2, 0) is 5.75 Å². The lowest BCUT2D eigenvalue weighted by Gasteiger charge is -2.07. The highest BCUT2D eigenvalue weighted by Crippen LogP contribution is 2.25. The van der Waals surface area contributed by atoms with Gasteiger partial charge in [-0.3, -0.25) is 4.98 Å². The van der Waals surface area contributed by atoms with Gasteiger partial charge in [-0.25, -0.2) is 0 Å². The summed E-state index contributed by atoms with van der Waals surface area (Å²) in [6.07, 6.45) is 1.67. The van der Waals surface area contributed by atoms with E-state index in [1.807, 2.05) is 12.1 Å². The number of hydrogen-bond acceptors (Lipinski definition) is 4. The fraction of sp³-hybridized carbons (Fsp3) is 0.250. The first-order chi connectivity index (χ1) is 10.1. The summed E-state index contributed by atoms with van der Waals surface area (Å²) in [5.41, 5.74) is 8.47. The van der Waals surface area contributed by atoms with Crippen molar-refractivity contribution in [1.29, 1.82) is 0 Å². The summed E-state index contributed by atoms with van der Waals surface area (Å²) in [4.78, 5) is 5.29. The standard InChI is InChI=1S/C16H19N3OS/c1-11(2)13-3-5-14(6-4-13)21-10-12-7-8-18-15(9-12)16(17)19-20/h3-9,11,20H,10H2,1-2H3,(H2,17,19). The molecule has 3 N–H and O–H groups in total. The van der Waals surface area contributed by atoms with Crippen LogP contribution in [0, 0.1) is 0 Å². The maximum absolute atomic E-state index is 8.68. The van der Waals surface area contributed by atoms with Gasteiger partial charge in [0.15, 0.2) is 5.84 Å². The number of nitrogens with two attached hydrogens (primary N) is 1. The Morgan fingerprint density at radius 1 is 1.29 bits per heavy atom. The lowest BCUT2D eigenvalue weighted by atomic mass is 10.0. The van der Waals surface area contributed by atoms with Crippen molar-refractivity contribution in [2.45, 2.75) is 30.4 Å². The molecule has 0 fully saturated rings. The van der Waals surface area contributed by atoms with Crippen LogP contribution >= 0.6 is 11.8 Å². The van der Waals surface area contributed by atoms with Gasteiger partial charge in [0.2, 0.25) is 0 Å². The largest absolute Gasteiger partial charge is 0.409 e. The van der Waals surface area contributed by atoms with E-state index in [-0.39, 0.29) is 5.84 Å². The Balaban J connectivity index is 2.03. The second-order valence-corrected chi connectivity index (χ2v) is 6.10. The Hall–Kier alpha value is -2.01. The summed E-state index contributed by atoms with van der Waals surface area (Å²) in [6.45, 7) is 4.38. The molecule has 0 radical (unpaired) electrons. The molecule has 110 valence electrons. The lowest BCUT2D eigenvalue weighted by Crippen LogP contribution is -2.15. The summed E-state index contributed by atoms with van der Waals surface area (Å²) >= 11 is 1.75. The van der Waals surface area contributed by atoms with E-state index in [0.29, 0.717) is 11.6 Å². The van der Waals surface area contributed by atoms with Crippen LogP contribution in [0.25, 0.3) is 0 Å². The predicted octanol–water partition coefficient (Wildman–Crippen LogP) is 3.59. The van der Waals surface area contributed by atoms with Crippen LogP contribution < -0.4 is 5.73 Å². The molecule has 0 unspecified atom stereocenters. The van der Waals surface area contributed by atoms with E-state index in [9.17, 15) is 0 Å². The Kier molecular flexibility index (Phi) is 5.22. The normalized spacial score (nSPS) is 11.9. The molecule has 1 aromatic heterocycles. The number of nitrogens with zero attached hydrogens (tertiary/aromatic N) is 2. The van der Waals surface area contributed by atoms with E-state index in [2.05, 4.69) is 48.3 Å². The number of benzene rings is 1. The fourth-order valence-electron chi connectivity index (χ4n) is 1.87. The van der Waals surface area contributed by atoms with Gasteiger partial charge in [-0.15, -0.1) is 11.8 Å². The summed E-state index contributed by atoms with van der Waals surface area (Å²) in [5.74, 6) is 1.39. The van der Waals surface area contributed by atoms with Crippen LogP contribution in [0.3, 0.4) is 0 Å². The molecule has 0 saturated carbocycles. The first-order valence-electron chi connectivity index (χ1n) is 6.75. The number of aromatic nitrogens is 1. The minimum atomic E-state index is 0.0307. The number of pyridine rings is 1. The van der Waals surface area contributed by atoms with Crippen molar-refractivity contribution in [1.82, 2.24) is 4.98 Å². The second-order valence-electron chi connectivity index (χ2n) is 5.05. The van der Waals surface area contributed by atoms with Gasteiger partial charge in [0.25, 0.3) is 0 Å². The summed E-state index contributed by atoms with van der Waals surface area (Å²) in [5, 5.41) is 11.6. The van der Waals surface area contributed by atoms with Crippen molar-refractivity contribution in [2.24, 2.45) is 10.9 Å². The topological polar surface area (TPSA) is 71.5 Å². The quantitative estimate of drug-likeness (QED) is 0.291. The highest BCUT2D eigenvalue weighted by molar-refractivity contribution is 7.98. The van der Waals surface area contributed by atoms with E-state index >= 15 is 0 Å². The number of oxime groups is 1.